The van der Waals surface area contributed by atoms with Crippen molar-refractivity contribution in [1.29, 1.82) is 0 Å². The number of hydrogen-bond donors (Lipinski definition) is 1. The van der Waals surface area contributed by atoms with Gasteiger partial charge < -0.3 is 5.73 Å². The molecule has 0 saturated carbocycles. The van der Waals surface area contributed by atoms with Gasteiger partial charge in [-0.25, -0.2) is 4.68 Å². The van der Waals surface area contributed by atoms with Gasteiger partial charge in [0, 0.05) is 24.0 Å². The Kier molecular flexibility index (Phi) is 2.32. The Bertz CT molecular complexity index is 548. The number of nitrogens with two attached hydrogens (primary N) is 1. The number of nitro groups is 1. The SMILES string of the molecule is Cc1ccn(-c2cc(N)cc([N+](=O)[O-])c2)n1. The van der Waals surface area contributed by atoms with Gasteiger partial charge in [-0.3, -0.25) is 10.1 Å². The molecule has 82 valence electrons. The van der Waals surface area contributed by atoms with Crippen molar-refractivity contribution in [1.82, 2.24) is 9.78 Å². The first-order valence-corrected chi connectivity index (χ1v) is 4.64. The van der Waals surface area contributed by atoms with E-state index in [2.05, 4.69) is 5.10 Å². The molecule has 0 saturated heterocycles. The van der Waals surface area contributed by atoms with Crippen molar-refractivity contribution in [2.45, 2.75) is 6.92 Å². The Morgan fingerprint density at radius 1 is 1.44 bits per heavy atom. The van der Waals surface area contributed by atoms with E-state index in [4.69, 9.17) is 5.73 Å². The van der Waals surface area contributed by atoms with Crippen molar-refractivity contribution in [3.8, 4) is 5.69 Å². The van der Waals surface area contributed by atoms with Gasteiger partial charge in [-0.05, 0) is 19.1 Å². The average Bonchev–Trinajstić information content (AvgIpc) is 2.64. The molecular formula is C10H10N4O2. The lowest BCUT2D eigenvalue weighted by Gasteiger charge is -2.02. The van der Waals surface area contributed by atoms with Crippen molar-refractivity contribution >= 4 is 11.4 Å². The van der Waals surface area contributed by atoms with Gasteiger partial charge >= 0.3 is 0 Å². The van der Waals surface area contributed by atoms with Crippen LogP contribution in [0.3, 0.4) is 0 Å². The van der Waals surface area contributed by atoms with Crippen LogP contribution in [-0.2, 0) is 0 Å². The summed E-state index contributed by atoms with van der Waals surface area (Å²) in [5, 5.41) is 14.8. The van der Waals surface area contributed by atoms with Crippen molar-refractivity contribution in [3.05, 3.63) is 46.3 Å². The van der Waals surface area contributed by atoms with Crippen molar-refractivity contribution in [2.75, 3.05) is 5.73 Å². The highest BCUT2D eigenvalue weighted by Crippen LogP contribution is 2.21. The van der Waals surface area contributed by atoms with Gasteiger partial charge in [0.2, 0.25) is 0 Å². The van der Waals surface area contributed by atoms with Gasteiger partial charge in [-0.15, -0.1) is 0 Å². The summed E-state index contributed by atoms with van der Waals surface area (Å²) in [7, 11) is 0. The molecule has 6 heteroatoms. The first kappa shape index (κ1) is 10.2. The van der Waals surface area contributed by atoms with Crippen molar-refractivity contribution < 1.29 is 4.92 Å². The minimum Gasteiger partial charge on any atom is -0.398 e. The summed E-state index contributed by atoms with van der Waals surface area (Å²) in [6.45, 7) is 1.84. The zero-order chi connectivity index (χ0) is 11.7. The maximum Gasteiger partial charge on any atom is 0.273 e. The topological polar surface area (TPSA) is 87.0 Å². The van der Waals surface area contributed by atoms with Crippen LogP contribution in [0.2, 0.25) is 0 Å². The quantitative estimate of drug-likeness (QED) is 0.472. The Balaban J connectivity index is 2.53. The van der Waals surface area contributed by atoms with Crippen molar-refractivity contribution in [2.24, 2.45) is 0 Å². The zero-order valence-electron chi connectivity index (χ0n) is 8.62. The number of nitrogen functional groups attached to an aromatic ring is 1. The first-order valence-electron chi connectivity index (χ1n) is 4.64. The van der Waals surface area contributed by atoms with Crippen LogP contribution in [0.5, 0.6) is 0 Å². The van der Waals surface area contributed by atoms with Crippen LogP contribution < -0.4 is 5.73 Å². The third kappa shape index (κ3) is 1.85. The molecule has 16 heavy (non-hydrogen) atoms. The lowest BCUT2D eigenvalue weighted by atomic mass is 10.2. The van der Waals surface area contributed by atoms with E-state index in [9.17, 15) is 10.1 Å². The highest BCUT2D eigenvalue weighted by atomic mass is 16.6. The Hall–Kier alpha value is -2.37. The van der Waals surface area contributed by atoms with Gasteiger partial charge in [-0.1, -0.05) is 0 Å². The number of anilines is 1. The van der Waals surface area contributed by atoms with Crippen LogP contribution in [0.25, 0.3) is 5.69 Å². The van der Waals surface area contributed by atoms with Gasteiger partial charge in [0.05, 0.1) is 16.3 Å². The second-order valence-electron chi connectivity index (χ2n) is 3.44. The van der Waals surface area contributed by atoms with Crippen molar-refractivity contribution in [3.63, 3.8) is 0 Å². The number of aryl methyl sites for hydroxylation is 1. The Morgan fingerprint density at radius 3 is 2.75 bits per heavy atom. The number of rotatable bonds is 2. The molecule has 0 aliphatic heterocycles. The minimum absolute atomic E-state index is 0.0387. The maximum atomic E-state index is 10.7. The maximum absolute atomic E-state index is 10.7. The fourth-order valence-corrected chi connectivity index (χ4v) is 1.41. The number of hydrogen-bond acceptors (Lipinski definition) is 4. The molecule has 0 aliphatic carbocycles. The number of aromatic nitrogens is 2. The molecule has 0 spiro atoms. The monoisotopic (exact) mass is 218 g/mol. The summed E-state index contributed by atoms with van der Waals surface area (Å²) in [5.41, 5.74) is 7.32. The number of nitrogens with zero attached hydrogens (tertiary/aromatic N) is 3. The molecule has 1 heterocycles. The number of benzene rings is 1. The Labute approximate surface area is 91.5 Å². The van der Waals surface area contributed by atoms with E-state index in [-0.39, 0.29) is 5.69 Å². The van der Waals surface area contributed by atoms with Gasteiger partial charge in [-0.2, -0.15) is 5.10 Å². The first-order chi connectivity index (χ1) is 7.56. The van der Waals surface area contributed by atoms with E-state index >= 15 is 0 Å². The Morgan fingerprint density at radius 2 is 2.19 bits per heavy atom. The molecule has 2 rings (SSSR count). The molecule has 6 nitrogen and oxygen atoms in total. The minimum atomic E-state index is -0.476. The summed E-state index contributed by atoms with van der Waals surface area (Å²) < 4.78 is 1.55. The fourth-order valence-electron chi connectivity index (χ4n) is 1.41. The fraction of sp³-hybridized carbons (Fsp3) is 0.100. The summed E-state index contributed by atoms with van der Waals surface area (Å²) in [4.78, 5) is 10.2. The van der Waals surface area contributed by atoms with E-state index in [1.54, 1.807) is 16.9 Å². The molecular weight excluding hydrogens is 208 g/mol. The molecule has 0 amide bonds. The number of nitro benzene ring substituents is 1. The molecule has 0 aliphatic rings. The summed E-state index contributed by atoms with van der Waals surface area (Å²) in [6, 6.07) is 6.21. The van der Waals surface area contributed by atoms with Gasteiger partial charge in [0.15, 0.2) is 0 Å². The average molecular weight is 218 g/mol. The standard InChI is InChI=1S/C10H10N4O2/c1-7-2-3-13(12-7)9-4-8(11)5-10(6-9)14(15)16/h2-6H,11H2,1H3. The van der Waals surface area contributed by atoms with Crippen LogP contribution in [0.15, 0.2) is 30.5 Å². The summed E-state index contributed by atoms with van der Waals surface area (Å²) in [6.07, 6.45) is 1.73. The molecule has 2 N–H and O–H groups in total. The van der Waals surface area contributed by atoms with Crippen LogP contribution in [-0.4, -0.2) is 14.7 Å². The van der Waals surface area contributed by atoms with Gasteiger partial charge in [0.1, 0.15) is 0 Å². The lowest BCUT2D eigenvalue weighted by Crippen LogP contribution is -1.99. The molecule has 0 bridgehead atoms. The third-order valence-electron chi connectivity index (χ3n) is 2.12. The predicted molar refractivity (Wildman–Crippen MR) is 59.4 cm³/mol. The molecule has 0 fully saturated rings. The second kappa shape index (κ2) is 3.65. The summed E-state index contributed by atoms with van der Waals surface area (Å²) >= 11 is 0. The normalized spacial score (nSPS) is 10.3. The van der Waals surface area contributed by atoms with Crippen LogP contribution >= 0.6 is 0 Å². The predicted octanol–water partition coefficient (Wildman–Crippen LogP) is 1.67. The second-order valence-corrected chi connectivity index (χ2v) is 3.44. The summed E-state index contributed by atoms with van der Waals surface area (Å²) in [5.74, 6) is 0. The van der Waals surface area contributed by atoms with E-state index < -0.39 is 4.92 Å². The largest absolute Gasteiger partial charge is 0.398 e. The smallest absolute Gasteiger partial charge is 0.273 e. The van der Waals surface area contributed by atoms with Crippen LogP contribution in [0.1, 0.15) is 5.69 Å². The highest BCUT2D eigenvalue weighted by molar-refractivity contribution is 5.56. The van der Waals surface area contributed by atoms with Crippen LogP contribution in [0.4, 0.5) is 11.4 Å². The lowest BCUT2D eigenvalue weighted by molar-refractivity contribution is -0.384. The van der Waals surface area contributed by atoms with Gasteiger partial charge in [0.25, 0.3) is 5.69 Å². The van der Waals surface area contributed by atoms with E-state index in [0.717, 1.165) is 5.69 Å². The highest BCUT2D eigenvalue weighted by Gasteiger charge is 2.09. The molecule has 0 radical (unpaired) electrons. The third-order valence-corrected chi connectivity index (χ3v) is 2.12. The molecule has 2 aromatic rings. The molecule has 1 aromatic carbocycles. The zero-order valence-corrected chi connectivity index (χ0v) is 8.62. The van der Waals surface area contributed by atoms with E-state index in [1.807, 2.05) is 13.0 Å². The number of non-ortho nitro benzene ring substituents is 1. The molecule has 0 unspecified atom stereocenters. The molecule has 1 aromatic heterocycles. The van der Waals surface area contributed by atoms with E-state index in [0.29, 0.717) is 11.4 Å². The van der Waals surface area contributed by atoms with E-state index in [1.165, 1.54) is 12.1 Å². The van der Waals surface area contributed by atoms with Crippen LogP contribution in [0, 0.1) is 17.0 Å². The molecule has 0 atom stereocenters.